The monoisotopic (exact) mass is 412 g/mol. The van der Waals surface area contributed by atoms with Gasteiger partial charge in [-0.1, -0.05) is 6.07 Å². The molecule has 0 amide bonds. The molecule has 1 heterocycles. The molecule has 0 aliphatic carbocycles. The molecule has 7 nitrogen and oxygen atoms in total. The molecule has 2 aromatic carbocycles. The second-order valence-corrected chi connectivity index (χ2v) is 8.25. The van der Waals surface area contributed by atoms with E-state index in [1.807, 2.05) is 35.2 Å². The molecule has 1 aromatic heterocycles. The Bertz CT molecular complexity index is 1120. The Balaban J connectivity index is 1.68. The SMILES string of the molecule is CC(OC(=O)c1cccc(-n2cccc2)c1)C(=O)c1ccc(NS(C)(=O)=O)cc1. The van der Waals surface area contributed by atoms with Gasteiger partial charge in [0.1, 0.15) is 0 Å². The van der Waals surface area contributed by atoms with Crippen LogP contribution in [-0.4, -0.2) is 37.1 Å². The lowest BCUT2D eigenvalue weighted by atomic mass is 10.1. The Kier molecular flexibility index (Phi) is 5.84. The molecule has 0 aliphatic rings. The number of ketones is 1. The molecule has 1 unspecified atom stereocenters. The van der Waals surface area contributed by atoms with E-state index in [-0.39, 0.29) is 5.78 Å². The van der Waals surface area contributed by atoms with Crippen molar-refractivity contribution in [2.75, 3.05) is 11.0 Å². The molecule has 29 heavy (non-hydrogen) atoms. The summed E-state index contributed by atoms with van der Waals surface area (Å²) in [4.78, 5) is 25.0. The van der Waals surface area contributed by atoms with Crippen LogP contribution in [0.5, 0.6) is 0 Å². The maximum absolute atomic E-state index is 12.5. The number of hydrogen-bond acceptors (Lipinski definition) is 5. The highest BCUT2D eigenvalue weighted by atomic mass is 32.2. The molecule has 150 valence electrons. The molecular weight excluding hydrogens is 392 g/mol. The molecule has 0 bridgehead atoms. The maximum atomic E-state index is 12.5. The van der Waals surface area contributed by atoms with E-state index in [0.717, 1.165) is 11.9 Å². The second-order valence-electron chi connectivity index (χ2n) is 6.50. The molecule has 0 fully saturated rings. The van der Waals surface area contributed by atoms with Gasteiger partial charge in [-0.25, -0.2) is 13.2 Å². The number of hydrogen-bond donors (Lipinski definition) is 1. The largest absolute Gasteiger partial charge is 0.451 e. The summed E-state index contributed by atoms with van der Waals surface area (Å²) >= 11 is 0. The molecule has 0 saturated heterocycles. The highest BCUT2D eigenvalue weighted by molar-refractivity contribution is 7.92. The first-order valence-corrected chi connectivity index (χ1v) is 10.7. The van der Waals surface area contributed by atoms with Gasteiger partial charge in [0.05, 0.1) is 11.8 Å². The van der Waals surface area contributed by atoms with E-state index in [2.05, 4.69) is 4.72 Å². The minimum absolute atomic E-state index is 0.311. The van der Waals surface area contributed by atoms with E-state index < -0.39 is 22.1 Å². The summed E-state index contributed by atoms with van der Waals surface area (Å²) in [5, 5.41) is 0. The third-order valence-electron chi connectivity index (χ3n) is 4.11. The summed E-state index contributed by atoms with van der Waals surface area (Å²) in [6.07, 6.45) is 3.77. The van der Waals surface area contributed by atoms with Crippen LogP contribution in [0.3, 0.4) is 0 Å². The van der Waals surface area contributed by atoms with Crippen LogP contribution in [0.15, 0.2) is 73.1 Å². The van der Waals surface area contributed by atoms with Crippen LogP contribution >= 0.6 is 0 Å². The molecule has 3 aromatic rings. The molecule has 1 N–H and O–H groups in total. The summed E-state index contributed by atoms with van der Waals surface area (Å²) in [7, 11) is -3.40. The molecule has 0 saturated carbocycles. The van der Waals surface area contributed by atoms with Gasteiger partial charge in [0.25, 0.3) is 0 Å². The Hall–Kier alpha value is -3.39. The number of ether oxygens (including phenoxy) is 1. The fourth-order valence-electron chi connectivity index (χ4n) is 2.73. The number of sulfonamides is 1. The van der Waals surface area contributed by atoms with Crippen molar-refractivity contribution in [3.05, 3.63) is 84.2 Å². The van der Waals surface area contributed by atoms with Crippen LogP contribution < -0.4 is 4.72 Å². The normalized spacial score (nSPS) is 12.2. The molecule has 3 rings (SSSR count). The topological polar surface area (TPSA) is 94.5 Å². The Labute approximate surface area is 169 Å². The molecule has 1 atom stereocenters. The zero-order valence-corrected chi connectivity index (χ0v) is 16.7. The predicted molar refractivity (Wildman–Crippen MR) is 110 cm³/mol. The first-order valence-electron chi connectivity index (χ1n) is 8.79. The minimum Gasteiger partial charge on any atom is -0.451 e. The first kappa shape index (κ1) is 20.3. The van der Waals surface area contributed by atoms with Crippen LogP contribution in [-0.2, 0) is 14.8 Å². The van der Waals surface area contributed by atoms with Crippen LogP contribution in [0.1, 0.15) is 27.6 Å². The Morgan fingerprint density at radius 2 is 1.62 bits per heavy atom. The lowest BCUT2D eigenvalue weighted by Crippen LogP contribution is -2.24. The van der Waals surface area contributed by atoms with Crippen molar-refractivity contribution in [1.29, 1.82) is 0 Å². The van der Waals surface area contributed by atoms with E-state index in [9.17, 15) is 18.0 Å². The van der Waals surface area contributed by atoms with Crippen molar-refractivity contribution in [2.45, 2.75) is 13.0 Å². The lowest BCUT2D eigenvalue weighted by Gasteiger charge is -2.13. The van der Waals surface area contributed by atoms with E-state index in [0.29, 0.717) is 16.8 Å². The minimum atomic E-state index is -3.40. The highest BCUT2D eigenvalue weighted by Crippen LogP contribution is 2.16. The van der Waals surface area contributed by atoms with Gasteiger partial charge in [0.15, 0.2) is 6.10 Å². The van der Waals surface area contributed by atoms with E-state index >= 15 is 0 Å². The quantitative estimate of drug-likeness (QED) is 0.475. The third kappa shape index (κ3) is 5.32. The number of carbonyl (C=O) groups excluding carboxylic acids is 2. The van der Waals surface area contributed by atoms with E-state index in [1.165, 1.54) is 31.2 Å². The maximum Gasteiger partial charge on any atom is 0.338 e. The Morgan fingerprint density at radius 3 is 2.24 bits per heavy atom. The number of rotatable bonds is 7. The number of Topliss-reactive ketones (excluding diaryl/α,β-unsaturated/α-hetero) is 1. The average molecular weight is 412 g/mol. The molecule has 8 heteroatoms. The van der Waals surface area contributed by atoms with Gasteiger partial charge < -0.3 is 9.30 Å². The number of nitrogens with zero attached hydrogens (tertiary/aromatic N) is 1. The van der Waals surface area contributed by atoms with Crippen LogP contribution in [0.25, 0.3) is 5.69 Å². The van der Waals surface area contributed by atoms with Crippen LogP contribution in [0.4, 0.5) is 5.69 Å². The van der Waals surface area contributed by atoms with Crippen LogP contribution in [0, 0.1) is 0 Å². The molecule has 0 spiro atoms. The van der Waals surface area contributed by atoms with E-state index in [1.54, 1.807) is 18.2 Å². The van der Waals surface area contributed by atoms with Gasteiger partial charge in [0, 0.05) is 29.3 Å². The second kappa shape index (κ2) is 8.32. The fourth-order valence-corrected chi connectivity index (χ4v) is 3.30. The number of nitrogens with one attached hydrogen (secondary N) is 1. The summed E-state index contributed by atoms with van der Waals surface area (Å²) in [6.45, 7) is 1.50. The summed E-state index contributed by atoms with van der Waals surface area (Å²) < 4.78 is 32.0. The smallest absolute Gasteiger partial charge is 0.338 e. The lowest BCUT2D eigenvalue weighted by molar-refractivity contribution is 0.0319. The van der Waals surface area contributed by atoms with Crippen molar-refractivity contribution in [2.24, 2.45) is 0 Å². The third-order valence-corrected chi connectivity index (χ3v) is 4.72. The number of aromatic nitrogens is 1. The zero-order chi connectivity index (χ0) is 21.0. The van der Waals surface area contributed by atoms with Gasteiger partial charge in [-0.05, 0) is 61.5 Å². The molecular formula is C21H20N2O5S. The summed E-state index contributed by atoms with van der Waals surface area (Å²) in [5.74, 6) is -0.985. The standard InChI is InChI=1S/C21H20N2O5S/c1-15(20(24)16-8-10-18(11-9-16)22-29(2,26)27)28-21(25)17-6-5-7-19(14-17)23-12-3-4-13-23/h3-15,22H,1-2H3. The van der Waals surface area contributed by atoms with Crippen molar-refractivity contribution in [3.63, 3.8) is 0 Å². The average Bonchev–Trinajstić information content (AvgIpc) is 3.21. The number of esters is 1. The van der Waals surface area contributed by atoms with Gasteiger partial charge in [-0.3, -0.25) is 9.52 Å². The zero-order valence-electron chi connectivity index (χ0n) is 15.9. The van der Waals surface area contributed by atoms with Gasteiger partial charge in [-0.2, -0.15) is 0 Å². The van der Waals surface area contributed by atoms with Crippen molar-refractivity contribution < 1.29 is 22.7 Å². The van der Waals surface area contributed by atoms with Crippen molar-refractivity contribution in [3.8, 4) is 5.69 Å². The predicted octanol–water partition coefficient (Wildman–Crippen LogP) is 3.28. The van der Waals surface area contributed by atoms with Crippen molar-refractivity contribution >= 4 is 27.5 Å². The number of carbonyl (C=O) groups is 2. The van der Waals surface area contributed by atoms with Gasteiger partial charge in [0.2, 0.25) is 15.8 Å². The number of anilines is 1. The summed E-state index contributed by atoms with van der Waals surface area (Å²) in [5.41, 5.74) is 1.79. The van der Waals surface area contributed by atoms with E-state index in [4.69, 9.17) is 4.74 Å². The first-order chi connectivity index (χ1) is 13.7. The highest BCUT2D eigenvalue weighted by Gasteiger charge is 2.21. The van der Waals surface area contributed by atoms with Crippen LogP contribution in [0.2, 0.25) is 0 Å². The molecule has 0 radical (unpaired) electrons. The summed E-state index contributed by atoms with van der Waals surface area (Å²) in [6, 6.07) is 16.6. The van der Waals surface area contributed by atoms with Gasteiger partial charge >= 0.3 is 5.97 Å². The van der Waals surface area contributed by atoms with Crippen molar-refractivity contribution in [1.82, 2.24) is 4.57 Å². The molecule has 0 aliphatic heterocycles. The fraction of sp³-hybridized carbons (Fsp3) is 0.143. The van der Waals surface area contributed by atoms with Gasteiger partial charge in [-0.15, -0.1) is 0 Å². The number of benzene rings is 2. The Morgan fingerprint density at radius 1 is 0.966 bits per heavy atom.